The highest BCUT2D eigenvalue weighted by atomic mass is 16.6. The van der Waals surface area contributed by atoms with E-state index in [-0.39, 0.29) is 25.2 Å². The van der Waals surface area contributed by atoms with E-state index in [1.807, 2.05) is 0 Å². The summed E-state index contributed by atoms with van der Waals surface area (Å²) >= 11 is 0. The maximum Gasteiger partial charge on any atom is 0.306 e. The largest absolute Gasteiger partial charge is 0.462 e. The lowest BCUT2D eigenvalue weighted by Gasteiger charge is -2.15. The van der Waals surface area contributed by atoms with Crippen molar-refractivity contribution in [3.63, 3.8) is 0 Å². The van der Waals surface area contributed by atoms with E-state index in [0.717, 1.165) is 51.4 Å². The summed E-state index contributed by atoms with van der Waals surface area (Å²) in [6, 6.07) is 0. The zero-order chi connectivity index (χ0) is 33.6. The fourth-order valence-electron chi connectivity index (χ4n) is 5.40. The van der Waals surface area contributed by atoms with Crippen LogP contribution < -0.4 is 0 Å². The van der Waals surface area contributed by atoms with Gasteiger partial charge in [0.1, 0.15) is 6.61 Å². The molecule has 0 aliphatic carbocycles. The summed E-state index contributed by atoms with van der Waals surface area (Å²) in [4.78, 5) is 24.2. The van der Waals surface area contributed by atoms with Crippen LogP contribution in [0.2, 0.25) is 0 Å². The fourth-order valence-corrected chi connectivity index (χ4v) is 5.40. The second kappa shape index (κ2) is 37.6. The number of allylic oxidation sites excluding steroid dienone is 6. The van der Waals surface area contributed by atoms with E-state index in [1.165, 1.54) is 116 Å². The third kappa shape index (κ3) is 35.0. The van der Waals surface area contributed by atoms with Gasteiger partial charge < -0.3 is 14.6 Å². The molecule has 0 aromatic heterocycles. The minimum Gasteiger partial charge on any atom is -0.462 e. The molecule has 0 heterocycles. The molecule has 0 unspecified atom stereocenters. The molecule has 0 aromatic carbocycles. The van der Waals surface area contributed by atoms with Gasteiger partial charge in [-0.25, -0.2) is 0 Å². The molecular weight excluding hydrogens is 572 g/mol. The standard InChI is InChI=1S/C41H74O5/c1-3-5-7-9-11-13-15-17-18-19-20-21-22-24-25-27-29-31-33-35-40(43)45-38-39(37-42)46-41(44)36-34-32-30-28-26-23-16-14-12-10-8-6-4-2/h11,13-14,16-18,39,42H,3-10,12,15,19-38H2,1-2H3/b13-11-,16-14-,18-17-/t39-/m0/s1. The smallest absolute Gasteiger partial charge is 0.306 e. The van der Waals surface area contributed by atoms with E-state index < -0.39 is 6.10 Å². The second-order valence-electron chi connectivity index (χ2n) is 13.0. The predicted molar refractivity (Wildman–Crippen MR) is 196 cm³/mol. The molecule has 1 atom stereocenters. The molecule has 0 aliphatic rings. The number of carbonyl (C=O) groups is 2. The molecule has 0 saturated carbocycles. The summed E-state index contributed by atoms with van der Waals surface area (Å²) in [5.41, 5.74) is 0. The number of aliphatic hydroxyl groups excluding tert-OH is 1. The molecule has 46 heavy (non-hydrogen) atoms. The van der Waals surface area contributed by atoms with Crippen LogP contribution in [0.1, 0.15) is 194 Å². The first-order valence-electron chi connectivity index (χ1n) is 19.5. The van der Waals surface area contributed by atoms with Crippen LogP contribution >= 0.6 is 0 Å². The number of hydrogen-bond acceptors (Lipinski definition) is 5. The van der Waals surface area contributed by atoms with Crippen LogP contribution in [0.3, 0.4) is 0 Å². The zero-order valence-electron chi connectivity index (χ0n) is 30.3. The van der Waals surface area contributed by atoms with Crippen molar-refractivity contribution in [2.45, 2.75) is 200 Å². The van der Waals surface area contributed by atoms with Gasteiger partial charge in [0, 0.05) is 12.8 Å². The van der Waals surface area contributed by atoms with Crippen LogP contribution in [-0.2, 0) is 19.1 Å². The molecule has 0 amide bonds. The normalized spacial score (nSPS) is 12.5. The Morgan fingerprint density at radius 3 is 1.35 bits per heavy atom. The van der Waals surface area contributed by atoms with Crippen molar-refractivity contribution in [2.75, 3.05) is 13.2 Å². The molecule has 0 saturated heterocycles. The predicted octanol–water partition coefficient (Wildman–Crippen LogP) is 12.1. The van der Waals surface area contributed by atoms with Crippen molar-refractivity contribution < 1.29 is 24.2 Å². The van der Waals surface area contributed by atoms with E-state index in [4.69, 9.17) is 9.47 Å². The second-order valence-corrected chi connectivity index (χ2v) is 13.0. The lowest BCUT2D eigenvalue weighted by Crippen LogP contribution is -2.28. The lowest BCUT2D eigenvalue weighted by atomic mass is 10.1. The van der Waals surface area contributed by atoms with Crippen LogP contribution in [0.4, 0.5) is 0 Å². The van der Waals surface area contributed by atoms with E-state index in [2.05, 4.69) is 50.3 Å². The van der Waals surface area contributed by atoms with Crippen LogP contribution in [-0.4, -0.2) is 36.4 Å². The van der Waals surface area contributed by atoms with Crippen molar-refractivity contribution in [1.29, 1.82) is 0 Å². The number of esters is 2. The highest BCUT2D eigenvalue weighted by Gasteiger charge is 2.16. The minimum absolute atomic E-state index is 0.0703. The van der Waals surface area contributed by atoms with Crippen LogP contribution in [0.5, 0.6) is 0 Å². The summed E-state index contributed by atoms with van der Waals surface area (Å²) in [5.74, 6) is -0.604. The van der Waals surface area contributed by atoms with Gasteiger partial charge in [0.2, 0.25) is 0 Å². The van der Waals surface area contributed by atoms with Crippen LogP contribution in [0.25, 0.3) is 0 Å². The molecule has 1 N–H and O–H groups in total. The molecule has 0 aromatic rings. The Bertz CT molecular complexity index is 741. The van der Waals surface area contributed by atoms with E-state index in [9.17, 15) is 14.7 Å². The van der Waals surface area contributed by atoms with Crippen molar-refractivity contribution in [3.05, 3.63) is 36.5 Å². The molecule has 268 valence electrons. The van der Waals surface area contributed by atoms with Crippen molar-refractivity contribution in [3.8, 4) is 0 Å². The number of hydrogen-bond donors (Lipinski definition) is 1. The highest BCUT2D eigenvalue weighted by molar-refractivity contribution is 5.70. The monoisotopic (exact) mass is 647 g/mol. The molecule has 0 rings (SSSR count). The Hall–Kier alpha value is -1.88. The van der Waals surface area contributed by atoms with E-state index in [0.29, 0.717) is 12.8 Å². The average molecular weight is 647 g/mol. The number of unbranched alkanes of at least 4 members (excludes halogenated alkanes) is 21. The summed E-state index contributed by atoms with van der Waals surface area (Å²) in [7, 11) is 0. The molecule has 5 nitrogen and oxygen atoms in total. The third-order valence-electron chi connectivity index (χ3n) is 8.41. The Balaban J connectivity index is 3.56. The van der Waals surface area contributed by atoms with Gasteiger partial charge in [0.25, 0.3) is 0 Å². The van der Waals surface area contributed by atoms with Crippen molar-refractivity contribution in [1.82, 2.24) is 0 Å². The minimum atomic E-state index is -0.775. The number of rotatable bonds is 35. The maximum atomic E-state index is 12.1. The summed E-state index contributed by atoms with van der Waals surface area (Å²) in [5, 5.41) is 9.54. The highest BCUT2D eigenvalue weighted by Crippen LogP contribution is 2.13. The van der Waals surface area contributed by atoms with Crippen LogP contribution in [0, 0.1) is 0 Å². The fraction of sp³-hybridized carbons (Fsp3) is 0.805. The first-order valence-corrected chi connectivity index (χ1v) is 19.5. The topological polar surface area (TPSA) is 72.8 Å². The summed E-state index contributed by atoms with van der Waals surface area (Å²) < 4.78 is 10.6. The lowest BCUT2D eigenvalue weighted by molar-refractivity contribution is -0.161. The first kappa shape index (κ1) is 44.1. The quantitative estimate of drug-likeness (QED) is 0.0421. The number of carbonyl (C=O) groups excluding carboxylic acids is 2. The SMILES string of the molecule is CCCCC/C=C\C/C=C\CCCCCCCCCCCC(=O)OC[C@H](CO)OC(=O)CCCCCCC/C=C\CCCCCC. The van der Waals surface area contributed by atoms with Gasteiger partial charge in [0.15, 0.2) is 6.10 Å². The first-order chi connectivity index (χ1) is 22.6. The Kier molecular flexibility index (Phi) is 36.0. The van der Waals surface area contributed by atoms with E-state index >= 15 is 0 Å². The summed E-state index contributed by atoms with van der Waals surface area (Å²) in [6.45, 7) is 4.08. The van der Waals surface area contributed by atoms with Gasteiger partial charge in [-0.15, -0.1) is 0 Å². The average Bonchev–Trinajstić information content (AvgIpc) is 3.06. The Labute approximate surface area is 285 Å². The van der Waals surface area contributed by atoms with Gasteiger partial charge in [-0.05, 0) is 70.6 Å². The Morgan fingerprint density at radius 1 is 0.500 bits per heavy atom. The zero-order valence-corrected chi connectivity index (χ0v) is 30.3. The molecule has 0 fully saturated rings. The van der Waals surface area contributed by atoms with Crippen LogP contribution in [0.15, 0.2) is 36.5 Å². The van der Waals surface area contributed by atoms with E-state index in [1.54, 1.807) is 0 Å². The van der Waals surface area contributed by atoms with Crippen molar-refractivity contribution in [2.24, 2.45) is 0 Å². The van der Waals surface area contributed by atoms with Gasteiger partial charge in [-0.3, -0.25) is 9.59 Å². The Morgan fingerprint density at radius 2 is 0.870 bits per heavy atom. The molecule has 0 aliphatic heterocycles. The molecular formula is C41H74O5. The third-order valence-corrected chi connectivity index (χ3v) is 8.41. The number of aliphatic hydroxyl groups is 1. The van der Waals surface area contributed by atoms with Gasteiger partial charge >= 0.3 is 11.9 Å². The molecule has 0 radical (unpaired) electrons. The molecule has 5 heteroatoms. The van der Waals surface area contributed by atoms with Gasteiger partial charge in [0.05, 0.1) is 6.61 Å². The molecule has 0 spiro atoms. The van der Waals surface area contributed by atoms with Crippen molar-refractivity contribution >= 4 is 11.9 Å². The van der Waals surface area contributed by atoms with Gasteiger partial charge in [-0.2, -0.15) is 0 Å². The maximum absolute atomic E-state index is 12.1. The summed E-state index contributed by atoms with van der Waals surface area (Å²) in [6.07, 6.45) is 44.8. The molecule has 0 bridgehead atoms. The van der Waals surface area contributed by atoms with Gasteiger partial charge in [-0.1, -0.05) is 147 Å². The number of ether oxygens (including phenoxy) is 2.